The number of hydrogen-bond acceptors (Lipinski definition) is 1. The van der Waals surface area contributed by atoms with Crippen molar-refractivity contribution in [2.75, 3.05) is 24.6 Å². The summed E-state index contributed by atoms with van der Waals surface area (Å²) in [6, 6.07) is 0. The van der Waals surface area contributed by atoms with Crippen LogP contribution in [0.4, 0.5) is 0 Å². The molecule has 0 aromatic heterocycles. The van der Waals surface area contributed by atoms with Gasteiger partial charge in [0.1, 0.15) is 0 Å². The molecule has 0 amide bonds. The summed E-state index contributed by atoms with van der Waals surface area (Å²) in [5.41, 5.74) is 0. The van der Waals surface area contributed by atoms with Crippen molar-refractivity contribution in [3.8, 4) is 0 Å². The molecule has 0 aromatic carbocycles. The van der Waals surface area contributed by atoms with Crippen LogP contribution in [0, 0.1) is 0 Å². The molecular weight excluding hydrogens is 471 g/mol. The Kier molecular flexibility index (Phi) is 33.9. The number of carboxylic acid groups (broad SMARTS) is 1. The Morgan fingerprint density at radius 1 is 0.405 bits per heavy atom. The average Bonchev–Trinajstić information content (AvgIpc) is 2.87. The molecule has 226 valence electrons. The van der Waals surface area contributed by atoms with Crippen LogP contribution in [0.2, 0.25) is 0 Å². The van der Waals surface area contributed by atoms with Crippen LogP contribution < -0.4 is 0 Å². The third-order valence-electron chi connectivity index (χ3n) is 8.24. The van der Waals surface area contributed by atoms with Crippen LogP contribution in [0.3, 0.4) is 0 Å². The number of hydrogen-bond donors (Lipinski definition) is 1. The Hall–Kier alpha value is -0.100. The first-order valence-electron chi connectivity index (χ1n) is 17.2. The molecule has 3 heteroatoms. The minimum absolute atomic E-state index is 0.833. The first kappa shape index (κ1) is 39.0. The molecule has 0 aliphatic carbocycles. The second-order valence-electron chi connectivity index (χ2n) is 12.1. The molecule has 0 heterocycles. The Bertz CT molecular complexity index is 364. The van der Waals surface area contributed by atoms with E-state index < -0.39 is 13.2 Å². The summed E-state index contributed by atoms with van der Waals surface area (Å²) >= 11 is 0. The molecule has 0 saturated heterocycles. The minimum atomic E-state index is -1.07. The van der Waals surface area contributed by atoms with Crippen LogP contribution in [0.15, 0.2) is 0 Å². The Balaban J connectivity index is 0. The molecule has 0 aliphatic heterocycles. The molecule has 0 radical (unpaired) electrons. The molecule has 37 heavy (non-hydrogen) atoms. The molecule has 0 aliphatic rings. The summed E-state index contributed by atoms with van der Waals surface area (Å²) in [5, 5.41) is 7.42. The van der Waals surface area contributed by atoms with E-state index in [-0.39, 0.29) is 0 Å². The standard InChI is InChI=1S/C32H69P.C2H4O2/c1-5-9-13-17-21-25-29-33(30-26-22-18-14-10-6-2,31-27-23-19-15-11-7-3)32-28-24-20-16-12-8-4;1-2(3)4/h33H,5-32H2,1-4H3;1H3,(H,3,4). The summed E-state index contributed by atoms with van der Waals surface area (Å²) in [6.07, 6.45) is 42.4. The van der Waals surface area contributed by atoms with Crippen molar-refractivity contribution in [3.05, 3.63) is 0 Å². The predicted octanol–water partition coefficient (Wildman–Crippen LogP) is 12.3. The van der Waals surface area contributed by atoms with Crippen molar-refractivity contribution in [1.82, 2.24) is 0 Å². The second kappa shape index (κ2) is 32.1. The number of carboxylic acids is 1. The Morgan fingerprint density at radius 3 is 0.757 bits per heavy atom. The Morgan fingerprint density at radius 2 is 0.568 bits per heavy atom. The first-order chi connectivity index (χ1) is 18.0. The van der Waals surface area contributed by atoms with Crippen molar-refractivity contribution >= 4 is 13.2 Å². The topological polar surface area (TPSA) is 37.3 Å². The molecular formula is C34H73O2P. The molecule has 0 saturated carbocycles. The van der Waals surface area contributed by atoms with Gasteiger partial charge in [0.05, 0.1) is 0 Å². The van der Waals surface area contributed by atoms with Crippen LogP contribution in [0.1, 0.15) is 189 Å². The monoisotopic (exact) mass is 545 g/mol. The second-order valence-corrected chi connectivity index (χ2v) is 17.1. The molecule has 0 fully saturated rings. The van der Waals surface area contributed by atoms with Gasteiger partial charge in [0.25, 0.3) is 5.97 Å². The molecule has 0 aromatic rings. The van der Waals surface area contributed by atoms with Crippen molar-refractivity contribution in [2.24, 2.45) is 0 Å². The molecule has 0 unspecified atom stereocenters. The van der Waals surface area contributed by atoms with Gasteiger partial charge >= 0.3 is 214 Å². The SMILES string of the molecule is CC(=O)O.CCCCCCCC[PH](CCCCCCCC)(CCCCCCCC)CCCCCCCC. The number of carbonyl (C=O) groups is 1. The first-order valence-corrected chi connectivity index (χ1v) is 20.0. The quantitative estimate of drug-likeness (QED) is 0.0785. The van der Waals surface area contributed by atoms with E-state index in [2.05, 4.69) is 27.7 Å². The zero-order chi connectivity index (χ0) is 27.9. The fraction of sp³-hybridized carbons (Fsp3) is 0.971. The van der Waals surface area contributed by atoms with Crippen LogP contribution >= 0.6 is 7.26 Å². The van der Waals surface area contributed by atoms with Crippen LogP contribution in [0.5, 0.6) is 0 Å². The van der Waals surface area contributed by atoms with Gasteiger partial charge in [-0.15, -0.1) is 0 Å². The van der Waals surface area contributed by atoms with E-state index in [4.69, 9.17) is 9.90 Å². The van der Waals surface area contributed by atoms with E-state index in [1.807, 2.05) is 0 Å². The van der Waals surface area contributed by atoms with Crippen molar-refractivity contribution < 1.29 is 9.90 Å². The zero-order valence-corrected chi connectivity index (χ0v) is 27.7. The average molecular weight is 545 g/mol. The molecule has 0 spiro atoms. The van der Waals surface area contributed by atoms with Gasteiger partial charge in [-0.05, 0) is 0 Å². The summed E-state index contributed by atoms with van der Waals surface area (Å²) < 4.78 is 0. The van der Waals surface area contributed by atoms with Crippen LogP contribution in [-0.2, 0) is 4.79 Å². The molecule has 0 atom stereocenters. The number of unbranched alkanes of at least 4 members (excludes halogenated alkanes) is 20. The van der Waals surface area contributed by atoms with E-state index in [9.17, 15) is 0 Å². The van der Waals surface area contributed by atoms with Gasteiger partial charge < -0.3 is 5.11 Å². The van der Waals surface area contributed by atoms with E-state index in [0.29, 0.717) is 0 Å². The molecule has 0 rings (SSSR count). The fourth-order valence-electron chi connectivity index (χ4n) is 5.87. The maximum absolute atomic E-state index is 9.00. The summed E-state index contributed by atoms with van der Waals surface area (Å²) in [5.74, 6) is -0.833. The zero-order valence-electron chi connectivity index (χ0n) is 26.7. The van der Waals surface area contributed by atoms with E-state index >= 15 is 0 Å². The van der Waals surface area contributed by atoms with Crippen molar-refractivity contribution in [3.63, 3.8) is 0 Å². The summed E-state index contributed by atoms with van der Waals surface area (Å²) in [4.78, 5) is 9.00. The van der Waals surface area contributed by atoms with Crippen LogP contribution in [0.25, 0.3) is 0 Å². The van der Waals surface area contributed by atoms with Gasteiger partial charge in [-0.25, -0.2) is 0 Å². The van der Waals surface area contributed by atoms with Gasteiger partial charge in [0.15, 0.2) is 0 Å². The van der Waals surface area contributed by atoms with Gasteiger partial charge in [-0.3, -0.25) is 4.79 Å². The fourth-order valence-corrected chi connectivity index (χ4v) is 11.4. The molecule has 0 bridgehead atoms. The molecule has 2 nitrogen and oxygen atoms in total. The van der Waals surface area contributed by atoms with E-state index in [1.165, 1.54) is 128 Å². The Labute approximate surface area is 236 Å². The third kappa shape index (κ3) is 32.0. The summed E-state index contributed by atoms with van der Waals surface area (Å²) in [7, 11) is -1.07. The van der Waals surface area contributed by atoms with Gasteiger partial charge in [0.2, 0.25) is 0 Å². The predicted molar refractivity (Wildman–Crippen MR) is 175 cm³/mol. The van der Waals surface area contributed by atoms with E-state index in [0.717, 1.165) is 6.92 Å². The van der Waals surface area contributed by atoms with E-state index in [1.54, 1.807) is 50.3 Å². The van der Waals surface area contributed by atoms with Gasteiger partial charge in [0, 0.05) is 6.92 Å². The van der Waals surface area contributed by atoms with Crippen LogP contribution in [-0.4, -0.2) is 35.7 Å². The summed E-state index contributed by atoms with van der Waals surface area (Å²) in [6.45, 7) is 10.5. The van der Waals surface area contributed by atoms with Gasteiger partial charge in [-0.2, -0.15) is 0 Å². The van der Waals surface area contributed by atoms with Crippen molar-refractivity contribution in [2.45, 2.75) is 189 Å². The number of rotatable bonds is 28. The maximum atomic E-state index is 9.00. The molecule has 1 N–H and O–H groups in total. The van der Waals surface area contributed by atoms with Gasteiger partial charge in [-0.1, -0.05) is 0 Å². The number of aliphatic carboxylic acids is 1. The van der Waals surface area contributed by atoms with Crippen molar-refractivity contribution in [1.29, 1.82) is 0 Å². The third-order valence-corrected chi connectivity index (χ3v) is 13.9. The normalized spacial score (nSPS) is 11.8.